The van der Waals surface area contributed by atoms with Crippen LogP contribution in [0.3, 0.4) is 0 Å². The summed E-state index contributed by atoms with van der Waals surface area (Å²) in [6.45, 7) is 2.16. The fraction of sp³-hybridized carbons (Fsp3) is 0.231. The van der Waals surface area contributed by atoms with Crippen LogP contribution in [-0.2, 0) is 16.0 Å². The molecule has 0 aliphatic carbocycles. The molecule has 0 aliphatic heterocycles. The molecule has 0 aliphatic rings. The normalized spacial score (nSPS) is 10.3. The third kappa shape index (κ3) is 4.19. The lowest BCUT2D eigenvalue weighted by atomic mass is 10.3. The summed E-state index contributed by atoms with van der Waals surface area (Å²) < 4.78 is 5.72. The molecule has 0 radical (unpaired) electrons. The van der Waals surface area contributed by atoms with E-state index in [2.05, 4.69) is 26.2 Å². The van der Waals surface area contributed by atoms with Gasteiger partial charge in [0.05, 0.1) is 23.7 Å². The largest absolute Gasteiger partial charge is 0.466 e. The molecule has 0 saturated carbocycles. The number of aromatic nitrogens is 1. The number of hydrogen-bond acceptors (Lipinski definition) is 5. The summed E-state index contributed by atoms with van der Waals surface area (Å²) in [6.07, 6.45) is 0.188. The predicted octanol–water partition coefficient (Wildman–Crippen LogP) is 4.41. The van der Waals surface area contributed by atoms with E-state index >= 15 is 0 Å². The summed E-state index contributed by atoms with van der Waals surface area (Å²) in [6, 6.07) is 5.55. The molecular formula is C13H12BrClN2O2S. The first-order valence-corrected chi connectivity index (χ1v) is 7.95. The minimum Gasteiger partial charge on any atom is -0.466 e. The highest BCUT2D eigenvalue weighted by molar-refractivity contribution is 9.10. The predicted molar refractivity (Wildman–Crippen MR) is 84.9 cm³/mol. The van der Waals surface area contributed by atoms with Gasteiger partial charge in [-0.3, -0.25) is 4.79 Å². The molecule has 0 amide bonds. The average molecular weight is 376 g/mol. The van der Waals surface area contributed by atoms with Gasteiger partial charge in [-0.25, -0.2) is 4.98 Å². The Kier molecular flexibility index (Phi) is 5.39. The lowest BCUT2D eigenvalue weighted by Crippen LogP contribution is -2.07. The molecule has 2 aromatic rings. The van der Waals surface area contributed by atoms with E-state index in [9.17, 15) is 4.79 Å². The molecule has 106 valence electrons. The molecule has 1 aromatic heterocycles. The van der Waals surface area contributed by atoms with Crippen molar-refractivity contribution in [2.24, 2.45) is 0 Å². The number of esters is 1. The van der Waals surface area contributed by atoms with Crippen LogP contribution in [-0.4, -0.2) is 17.6 Å². The zero-order valence-corrected chi connectivity index (χ0v) is 13.8. The Bertz CT molecular complexity index is 618. The Labute approximate surface area is 134 Å². The van der Waals surface area contributed by atoms with Crippen LogP contribution in [0.15, 0.2) is 28.1 Å². The highest BCUT2D eigenvalue weighted by Gasteiger charge is 2.09. The fourth-order valence-corrected chi connectivity index (χ4v) is 2.66. The maximum absolute atomic E-state index is 11.4. The maximum atomic E-state index is 11.4. The monoisotopic (exact) mass is 374 g/mol. The summed E-state index contributed by atoms with van der Waals surface area (Å²) >= 11 is 10.8. The van der Waals surface area contributed by atoms with Crippen LogP contribution < -0.4 is 5.32 Å². The van der Waals surface area contributed by atoms with Crippen molar-refractivity contribution in [3.8, 4) is 0 Å². The van der Waals surface area contributed by atoms with Crippen molar-refractivity contribution in [3.63, 3.8) is 0 Å². The molecule has 1 aromatic carbocycles. The van der Waals surface area contributed by atoms with E-state index in [1.165, 1.54) is 11.3 Å². The zero-order valence-electron chi connectivity index (χ0n) is 10.7. The van der Waals surface area contributed by atoms with Crippen LogP contribution in [0, 0.1) is 0 Å². The number of carbonyl (C=O) groups excluding carboxylic acids is 1. The first kappa shape index (κ1) is 15.3. The minimum absolute atomic E-state index is 0.188. The highest BCUT2D eigenvalue weighted by atomic mass is 79.9. The summed E-state index contributed by atoms with van der Waals surface area (Å²) in [7, 11) is 0. The van der Waals surface area contributed by atoms with E-state index < -0.39 is 0 Å². The van der Waals surface area contributed by atoms with Crippen molar-refractivity contribution in [1.29, 1.82) is 0 Å². The standard InChI is InChI=1S/C13H12BrClN2O2S/c1-2-19-12(18)6-9-7-20-13(17-9)16-8-3-4-10(14)11(15)5-8/h3-5,7H,2,6H2,1H3,(H,16,17). The van der Waals surface area contributed by atoms with Gasteiger partial charge >= 0.3 is 5.97 Å². The van der Waals surface area contributed by atoms with E-state index in [0.29, 0.717) is 22.5 Å². The molecule has 0 unspecified atom stereocenters. The second kappa shape index (κ2) is 7.06. The number of rotatable bonds is 5. The van der Waals surface area contributed by atoms with Crippen LogP contribution in [0.2, 0.25) is 5.02 Å². The number of anilines is 2. The lowest BCUT2D eigenvalue weighted by Gasteiger charge is -2.04. The maximum Gasteiger partial charge on any atom is 0.311 e. The molecule has 1 N–H and O–H groups in total. The molecule has 20 heavy (non-hydrogen) atoms. The van der Waals surface area contributed by atoms with Gasteiger partial charge in [0.25, 0.3) is 0 Å². The van der Waals surface area contributed by atoms with Crippen LogP contribution in [0.5, 0.6) is 0 Å². The third-order valence-corrected chi connectivity index (χ3v) is 4.39. The minimum atomic E-state index is -0.268. The van der Waals surface area contributed by atoms with Crippen LogP contribution >= 0.6 is 38.9 Å². The summed E-state index contributed by atoms with van der Waals surface area (Å²) in [4.78, 5) is 15.7. The van der Waals surface area contributed by atoms with Gasteiger partial charge in [-0.05, 0) is 41.1 Å². The van der Waals surface area contributed by atoms with Gasteiger partial charge in [0.2, 0.25) is 0 Å². The van der Waals surface area contributed by atoms with Crippen molar-refractivity contribution < 1.29 is 9.53 Å². The molecule has 7 heteroatoms. The van der Waals surface area contributed by atoms with Gasteiger partial charge in [-0.2, -0.15) is 0 Å². The first-order chi connectivity index (χ1) is 9.58. The van der Waals surface area contributed by atoms with E-state index in [1.807, 2.05) is 17.5 Å². The molecule has 1 heterocycles. The van der Waals surface area contributed by atoms with E-state index in [-0.39, 0.29) is 12.4 Å². The zero-order chi connectivity index (χ0) is 14.5. The van der Waals surface area contributed by atoms with Crippen molar-refractivity contribution in [3.05, 3.63) is 38.8 Å². The van der Waals surface area contributed by atoms with Crippen LogP contribution in [0.1, 0.15) is 12.6 Å². The van der Waals surface area contributed by atoms with Crippen molar-refractivity contribution in [1.82, 2.24) is 4.98 Å². The molecule has 0 fully saturated rings. The fourth-order valence-electron chi connectivity index (χ4n) is 1.50. The lowest BCUT2D eigenvalue weighted by molar-refractivity contribution is -0.142. The molecule has 0 spiro atoms. The smallest absolute Gasteiger partial charge is 0.311 e. The number of nitrogens with zero attached hydrogens (tertiary/aromatic N) is 1. The number of hydrogen-bond donors (Lipinski definition) is 1. The van der Waals surface area contributed by atoms with Gasteiger partial charge in [-0.15, -0.1) is 11.3 Å². The quantitative estimate of drug-likeness (QED) is 0.787. The molecular weight excluding hydrogens is 364 g/mol. The topological polar surface area (TPSA) is 51.2 Å². The first-order valence-electron chi connectivity index (χ1n) is 5.90. The van der Waals surface area contributed by atoms with Gasteiger partial charge in [0.15, 0.2) is 5.13 Å². The Hall–Kier alpha value is -1.11. The number of nitrogens with one attached hydrogen (secondary N) is 1. The SMILES string of the molecule is CCOC(=O)Cc1csc(Nc2ccc(Br)c(Cl)c2)n1. The van der Waals surface area contributed by atoms with E-state index in [0.717, 1.165) is 10.2 Å². The van der Waals surface area contributed by atoms with Gasteiger partial charge in [0, 0.05) is 15.5 Å². The number of carbonyl (C=O) groups is 1. The van der Waals surface area contributed by atoms with Crippen molar-refractivity contribution in [2.75, 3.05) is 11.9 Å². The summed E-state index contributed by atoms with van der Waals surface area (Å²) in [5, 5.41) is 6.31. The highest BCUT2D eigenvalue weighted by Crippen LogP contribution is 2.28. The number of halogens is 2. The van der Waals surface area contributed by atoms with Crippen LogP contribution in [0.25, 0.3) is 0 Å². The van der Waals surface area contributed by atoms with Gasteiger partial charge in [-0.1, -0.05) is 11.6 Å². The Morgan fingerprint density at radius 2 is 2.35 bits per heavy atom. The molecule has 0 bridgehead atoms. The average Bonchev–Trinajstić information content (AvgIpc) is 2.81. The van der Waals surface area contributed by atoms with Crippen LogP contribution in [0.4, 0.5) is 10.8 Å². The van der Waals surface area contributed by atoms with E-state index in [4.69, 9.17) is 16.3 Å². The second-order valence-electron chi connectivity index (χ2n) is 3.88. The Morgan fingerprint density at radius 1 is 1.55 bits per heavy atom. The molecule has 2 rings (SSSR count). The summed E-state index contributed by atoms with van der Waals surface area (Å²) in [5.74, 6) is -0.268. The summed E-state index contributed by atoms with van der Waals surface area (Å²) in [5.41, 5.74) is 1.54. The third-order valence-electron chi connectivity index (χ3n) is 2.35. The van der Waals surface area contributed by atoms with Gasteiger partial charge < -0.3 is 10.1 Å². The number of thiazole rings is 1. The second-order valence-corrected chi connectivity index (χ2v) is 6.00. The van der Waals surface area contributed by atoms with E-state index in [1.54, 1.807) is 13.0 Å². The number of ether oxygens (including phenoxy) is 1. The molecule has 0 atom stereocenters. The molecule has 4 nitrogen and oxygen atoms in total. The number of benzene rings is 1. The van der Waals surface area contributed by atoms with Crippen molar-refractivity contribution >= 4 is 55.7 Å². The Morgan fingerprint density at radius 3 is 3.05 bits per heavy atom. The van der Waals surface area contributed by atoms with Gasteiger partial charge in [0.1, 0.15) is 0 Å². The molecule has 0 saturated heterocycles. The van der Waals surface area contributed by atoms with Crippen molar-refractivity contribution in [2.45, 2.75) is 13.3 Å². The Balaban J connectivity index is 2.02.